The summed E-state index contributed by atoms with van der Waals surface area (Å²) in [6.45, 7) is -0.678. The summed E-state index contributed by atoms with van der Waals surface area (Å²) in [5, 5.41) is 8.96. The Bertz CT molecular complexity index is 1240. The maximum absolute atomic E-state index is 13.9. The highest BCUT2D eigenvalue weighted by atomic mass is 32.2. The predicted molar refractivity (Wildman–Crippen MR) is 109 cm³/mol. The molecule has 0 spiro atoms. The molecule has 0 fully saturated rings. The highest BCUT2D eigenvalue weighted by molar-refractivity contribution is 8.14. The summed E-state index contributed by atoms with van der Waals surface area (Å²) in [7, 11) is -2.60. The average Bonchev–Trinajstić information content (AvgIpc) is 2.81. The van der Waals surface area contributed by atoms with Crippen LogP contribution in [-0.4, -0.2) is 44.6 Å². The minimum absolute atomic E-state index is 0.113. The Morgan fingerprint density at radius 3 is 2.09 bits per heavy atom. The van der Waals surface area contributed by atoms with Crippen LogP contribution < -0.4 is 14.8 Å². The van der Waals surface area contributed by atoms with E-state index in [0.29, 0.717) is 17.5 Å². The maximum Gasteiger partial charge on any atom is 0.241 e. The van der Waals surface area contributed by atoms with Crippen LogP contribution in [0.15, 0.2) is 39.4 Å². The number of hydrogen-bond donors (Lipinski definition) is 2. The molecule has 2 N–H and O–H groups in total. The van der Waals surface area contributed by atoms with Gasteiger partial charge in [-0.3, -0.25) is 4.79 Å². The number of benzene rings is 2. The first kappa shape index (κ1) is 24.6. The monoisotopic (exact) mass is 508 g/mol. The van der Waals surface area contributed by atoms with Crippen molar-refractivity contribution in [2.45, 2.75) is 4.90 Å². The number of carbonyl (C=O) groups is 1. The zero-order valence-corrected chi connectivity index (χ0v) is 18.1. The van der Waals surface area contributed by atoms with Crippen LogP contribution in [0.2, 0.25) is 0 Å². The molecule has 0 aliphatic carbocycles. The molecule has 0 bridgehead atoms. The maximum atomic E-state index is 13.9. The van der Waals surface area contributed by atoms with Gasteiger partial charge in [0.2, 0.25) is 21.7 Å². The van der Waals surface area contributed by atoms with Gasteiger partial charge in [0.1, 0.15) is 5.75 Å². The van der Waals surface area contributed by atoms with E-state index in [2.05, 4.69) is 20.2 Å². The lowest BCUT2D eigenvalue weighted by molar-refractivity contribution is -0.118. The molecule has 0 saturated carbocycles. The van der Waals surface area contributed by atoms with E-state index < -0.39 is 62.8 Å². The molecule has 0 unspecified atom stereocenters. The van der Waals surface area contributed by atoms with Crippen molar-refractivity contribution in [1.82, 2.24) is 10.0 Å². The van der Waals surface area contributed by atoms with Crippen LogP contribution in [0, 0.1) is 29.1 Å². The summed E-state index contributed by atoms with van der Waals surface area (Å²) in [5.41, 5.74) is -1.76. The van der Waals surface area contributed by atoms with E-state index in [1.807, 2.05) is 0 Å². The second-order valence-corrected chi connectivity index (χ2v) is 8.96. The third-order valence-electron chi connectivity index (χ3n) is 4.14. The molecule has 0 saturated heterocycles. The topological polar surface area (TPSA) is 109 Å². The van der Waals surface area contributed by atoms with Gasteiger partial charge in [0.15, 0.2) is 28.4 Å². The van der Waals surface area contributed by atoms with Gasteiger partial charge in [-0.05, 0) is 24.3 Å². The van der Waals surface area contributed by atoms with Gasteiger partial charge in [0, 0.05) is 5.75 Å². The van der Waals surface area contributed by atoms with Gasteiger partial charge in [-0.25, -0.2) is 35.1 Å². The van der Waals surface area contributed by atoms with Crippen molar-refractivity contribution in [2.75, 3.05) is 19.4 Å². The standard InChI is InChI=1S/C18H13F5N4O4S2/c1-31-8-2-4-9(5-3-8)33(29,30)24-6-11(28)25-18-27-26-10(7-32-18)12-13(19)15(21)17(23)16(22)14(12)20/h2-5,24H,6-7H2,1H3,(H,25,27,28). The van der Waals surface area contributed by atoms with Gasteiger partial charge < -0.3 is 10.1 Å². The number of carbonyl (C=O) groups excluding carboxylic acids is 1. The lowest BCUT2D eigenvalue weighted by Gasteiger charge is -2.15. The molecule has 1 aliphatic heterocycles. The van der Waals surface area contributed by atoms with E-state index in [1.54, 1.807) is 0 Å². The van der Waals surface area contributed by atoms with Crippen LogP contribution in [0.4, 0.5) is 22.0 Å². The first-order valence-electron chi connectivity index (χ1n) is 8.78. The lowest BCUT2D eigenvalue weighted by Crippen LogP contribution is -2.39. The number of ether oxygens (including phenoxy) is 1. The molecule has 3 rings (SSSR count). The first-order chi connectivity index (χ1) is 15.5. The molecule has 0 atom stereocenters. The van der Waals surface area contributed by atoms with Gasteiger partial charge in [0.25, 0.3) is 0 Å². The molecule has 8 nitrogen and oxygen atoms in total. The fourth-order valence-corrected chi connectivity index (χ4v) is 4.25. The number of hydrogen-bond acceptors (Lipinski definition) is 7. The second kappa shape index (κ2) is 9.84. The fraction of sp³-hybridized carbons (Fsp3) is 0.167. The Morgan fingerprint density at radius 2 is 1.58 bits per heavy atom. The Labute approximate surface area is 188 Å². The van der Waals surface area contributed by atoms with E-state index >= 15 is 0 Å². The van der Waals surface area contributed by atoms with Crippen LogP contribution in [-0.2, 0) is 14.8 Å². The zero-order valence-electron chi connectivity index (χ0n) is 16.5. The van der Waals surface area contributed by atoms with Gasteiger partial charge in [0.05, 0.1) is 29.8 Å². The van der Waals surface area contributed by atoms with Crippen LogP contribution in [0.3, 0.4) is 0 Å². The number of thioether (sulfide) groups is 1. The number of methoxy groups -OCH3 is 1. The Balaban J connectivity index is 1.67. The van der Waals surface area contributed by atoms with Crippen LogP contribution in [0.5, 0.6) is 5.75 Å². The van der Waals surface area contributed by atoms with E-state index in [0.717, 1.165) is 0 Å². The van der Waals surface area contributed by atoms with Gasteiger partial charge in [-0.2, -0.15) is 5.10 Å². The van der Waals surface area contributed by atoms with Crippen molar-refractivity contribution in [3.8, 4) is 5.75 Å². The van der Waals surface area contributed by atoms with Crippen molar-refractivity contribution in [3.05, 3.63) is 58.9 Å². The summed E-state index contributed by atoms with van der Waals surface area (Å²) in [4.78, 5) is 11.9. The number of sulfonamides is 1. The molecule has 0 aromatic heterocycles. The second-order valence-electron chi connectivity index (χ2n) is 6.23. The normalized spacial score (nSPS) is 13.9. The number of nitrogens with zero attached hydrogens (tertiary/aromatic N) is 2. The predicted octanol–water partition coefficient (Wildman–Crippen LogP) is 2.29. The van der Waals surface area contributed by atoms with Crippen LogP contribution in [0.1, 0.15) is 5.56 Å². The minimum Gasteiger partial charge on any atom is -0.497 e. The summed E-state index contributed by atoms with van der Waals surface area (Å²) in [6, 6.07) is 5.38. The van der Waals surface area contributed by atoms with Crippen molar-refractivity contribution < 1.29 is 39.9 Å². The van der Waals surface area contributed by atoms with Crippen molar-refractivity contribution in [3.63, 3.8) is 0 Å². The molecule has 15 heteroatoms. The minimum atomic E-state index is -4.01. The summed E-state index contributed by atoms with van der Waals surface area (Å²) < 4.78 is 99.1. The SMILES string of the molecule is COc1ccc(S(=O)(=O)NCC(=O)NC2=NN=C(c3c(F)c(F)c(F)c(F)c3F)CS2)cc1. The number of nitrogens with one attached hydrogen (secondary N) is 2. The molecule has 2 aromatic rings. The van der Waals surface area contributed by atoms with Gasteiger partial charge >= 0.3 is 0 Å². The smallest absolute Gasteiger partial charge is 0.241 e. The molecule has 1 aliphatic rings. The summed E-state index contributed by atoms with van der Waals surface area (Å²) in [6.07, 6.45) is 0. The molecular formula is C18H13F5N4O4S2. The lowest BCUT2D eigenvalue weighted by atomic mass is 10.1. The highest BCUT2D eigenvalue weighted by Crippen LogP contribution is 2.26. The van der Waals surface area contributed by atoms with Crippen LogP contribution >= 0.6 is 11.8 Å². The van der Waals surface area contributed by atoms with E-state index in [-0.39, 0.29) is 15.8 Å². The molecule has 176 valence electrons. The van der Waals surface area contributed by atoms with E-state index in [9.17, 15) is 35.2 Å². The number of rotatable bonds is 6. The van der Waals surface area contributed by atoms with Crippen LogP contribution in [0.25, 0.3) is 0 Å². The molecular weight excluding hydrogens is 495 g/mol. The molecule has 33 heavy (non-hydrogen) atoms. The van der Waals surface area contributed by atoms with E-state index in [4.69, 9.17) is 4.74 Å². The Hall–Kier alpha value is -3.04. The first-order valence-corrected chi connectivity index (χ1v) is 11.2. The zero-order chi connectivity index (χ0) is 24.3. The third-order valence-corrected chi connectivity index (χ3v) is 6.44. The number of amides is 1. The molecule has 1 amide bonds. The van der Waals surface area contributed by atoms with Crippen molar-refractivity contribution in [1.29, 1.82) is 0 Å². The number of amidine groups is 1. The summed E-state index contributed by atoms with van der Waals surface area (Å²) in [5.74, 6) is -11.4. The number of halogens is 5. The Morgan fingerprint density at radius 1 is 1.00 bits per heavy atom. The van der Waals surface area contributed by atoms with Gasteiger partial charge in [-0.1, -0.05) is 11.8 Å². The third kappa shape index (κ3) is 5.31. The fourth-order valence-electron chi connectivity index (χ4n) is 2.50. The molecule has 2 aromatic carbocycles. The quantitative estimate of drug-likeness (QED) is 0.354. The summed E-state index contributed by atoms with van der Waals surface area (Å²) >= 11 is 0.686. The molecule has 1 heterocycles. The molecule has 0 radical (unpaired) electrons. The Kier molecular flexibility index (Phi) is 7.34. The average molecular weight is 508 g/mol. The van der Waals surface area contributed by atoms with E-state index in [1.165, 1.54) is 31.4 Å². The van der Waals surface area contributed by atoms with Crippen molar-refractivity contribution >= 4 is 38.6 Å². The highest BCUT2D eigenvalue weighted by Gasteiger charge is 2.30. The van der Waals surface area contributed by atoms with Crippen molar-refractivity contribution in [2.24, 2.45) is 10.2 Å². The largest absolute Gasteiger partial charge is 0.497 e. The van der Waals surface area contributed by atoms with Gasteiger partial charge in [-0.15, -0.1) is 5.10 Å².